The first-order chi connectivity index (χ1) is 7.83. The van der Waals surface area contributed by atoms with Crippen molar-refractivity contribution >= 4 is 0 Å². The zero-order valence-corrected chi connectivity index (χ0v) is 10.4. The average Bonchev–Trinajstić information content (AvgIpc) is 2.79. The second-order valence-electron chi connectivity index (χ2n) is 4.33. The van der Waals surface area contributed by atoms with Gasteiger partial charge in [-0.2, -0.15) is 4.98 Å². The quantitative estimate of drug-likeness (QED) is 0.656. The fraction of sp³-hybridized carbons (Fsp3) is 0.833. The molecule has 0 saturated heterocycles. The molecule has 16 heavy (non-hydrogen) atoms. The highest BCUT2D eigenvalue weighted by atomic mass is 16.5. The molecule has 0 fully saturated rings. The van der Waals surface area contributed by atoms with Gasteiger partial charge in [0.15, 0.2) is 5.82 Å². The first-order valence-electron chi connectivity index (χ1n) is 6.31. The monoisotopic (exact) mass is 225 g/mol. The van der Waals surface area contributed by atoms with Crippen LogP contribution in [0.5, 0.6) is 0 Å². The van der Waals surface area contributed by atoms with Crippen LogP contribution < -0.4 is 5.32 Å². The van der Waals surface area contributed by atoms with Gasteiger partial charge >= 0.3 is 0 Å². The van der Waals surface area contributed by atoms with Crippen molar-refractivity contribution < 1.29 is 4.52 Å². The summed E-state index contributed by atoms with van der Waals surface area (Å²) in [6.07, 6.45) is 9.29. The van der Waals surface area contributed by atoms with Gasteiger partial charge in [0.2, 0.25) is 6.39 Å². The molecule has 1 aromatic heterocycles. The van der Waals surface area contributed by atoms with E-state index in [4.69, 9.17) is 0 Å². The van der Waals surface area contributed by atoms with Crippen molar-refractivity contribution in [2.45, 2.75) is 65.0 Å². The lowest BCUT2D eigenvalue weighted by atomic mass is 10.1. The molecule has 0 saturated carbocycles. The molecule has 4 nitrogen and oxygen atoms in total. The number of hydrogen-bond donors (Lipinski definition) is 1. The van der Waals surface area contributed by atoms with Gasteiger partial charge in [-0.05, 0) is 13.3 Å². The van der Waals surface area contributed by atoms with Gasteiger partial charge in [-0.15, -0.1) is 0 Å². The lowest BCUT2D eigenvalue weighted by molar-refractivity contribution is 0.402. The summed E-state index contributed by atoms with van der Waals surface area (Å²) in [4.78, 5) is 3.97. The first-order valence-corrected chi connectivity index (χ1v) is 6.31. The van der Waals surface area contributed by atoms with Crippen LogP contribution >= 0.6 is 0 Å². The largest absolute Gasteiger partial charge is 0.343 e. The Balaban J connectivity index is 1.96. The summed E-state index contributed by atoms with van der Waals surface area (Å²) < 4.78 is 4.67. The molecule has 1 atom stereocenters. The third-order valence-electron chi connectivity index (χ3n) is 2.76. The Morgan fingerprint density at radius 2 is 2.12 bits per heavy atom. The van der Waals surface area contributed by atoms with Gasteiger partial charge < -0.3 is 9.84 Å². The molecule has 0 aliphatic rings. The molecule has 1 unspecified atom stereocenters. The van der Waals surface area contributed by atoms with Crippen LogP contribution in [-0.2, 0) is 6.54 Å². The van der Waals surface area contributed by atoms with Crippen molar-refractivity contribution in [2.24, 2.45) is 0 Å². The van der Waals surface area contributed by atoms with Crippen molar-refractivity contribution in [1.82, 2.24) is 15.5 Å². The van der Waals surface area contributed by atoms with E-state index < -0.39 is 0 Å². The minimum absolute atomic E-state index is 0.528. The summed E-state index contributed by atoms with van der Waals surface area (Å²) in [5.74, 6) is 0.734. The maximum atomic E-state index is 4.67. The van der Waals surface area contributed by atoms with Crippen molar-refractivity contribution in [3.63, 3.8) is 0 Å². The zero-order chi connectivity index (χ0) is 11.6. The number of hydrogen-bond acceptors (Lipinski definition) is 4. The molecule has 0 aliphatic heterocycles. The van der Waals surface area contributed by atoms with E-state index in [1.54, 1.807) is 0 Å². The Hall–Kier alpha value is -0.900. The maximum Gasteiger partial charge on any atom is 0.213 e. The van der Waals surface area contributed by atoms with Crippen LogP contribution in [0.2, 0.25) is 0 Å². The smallest absolute Gasteiger partial charge is 0.213 e. The molecule has 1 heterocycles. The molecular weight excluding hydrogens is 202 g/mol. The summed E-state index contributed by atoms with van der Waals surface area (Å²) in [7, 11) is 0. The minimum Gasteiger partial charge on any atom is -0.343 e. The van der Waals surface area contributed by atoms with Crippen molar-refractivity contribution in [2.75, 3.05) is 0 Å². The molecule has 0 aliphatic carbocycles. The lowest BCUT2D eigenvalue weighted by Crippen LogP contribution is -2.25. The van der Waals surface area contributed by atoms with Gasteiger partial charge in [0.05, 0.1) is 6.54 Å². The predicted octanol–water partition coefficient (Wildman–Crippen LogP) is 2.91. The summed E-state index contributed by atoms with van der Waals surface area (Å²) >= 11 is 0. The molecule has 92 valence electrons. The standard InChI is InChI=1S/C12H23N3O/c1-3-4-5-6-7-8-11(2)13-9-12-14-10-16-15-12/h10-11,13H,3-9H2,1-2H3. The molecule has 0 radical (unpaired) electrons. The molecule has 1 N–H and O–H groups in total. The Bertz CT molecular complexity index is 249. The molecule has 1 aromatic rings. The number of rotatable bonds is 9. The van der Waals surface area contributed by atoms with E-state index >= 15 is 0 Å². The minimum atomic E-state index is 0.528. The Morgan fingerprint density at radius 3 is 2.81 bits per heavy atom. The molecule has 4 heteroatoms. The van der Waals surface area contributed by atoms with Gasteiger partial charge in [0.1, 0.15) is 0 Å². The summed E-state index contributed by atoms with van der Waals surface area (Å²) in [5, 5.41) is 7.15. The van der Waals surface area contributed by atoms with E-state index in [9.17, 15) is 0 Å². The normalized spacial score (nSPS) is 12.9. The van der Waals surface area contributed by atoms with Gasteiger partial charge in [0, 0.05) is 6.04 Å². The van der Waals surface area contributed by atoms with E-state index in [2.05, 4.69) is 33.8 Å². The predicted molar refractivity (Wildman–Crippen MR) is 64.0 cm³/mol. The second-order valence-corrected chi connectivity index (χ2v) is 4.33. The Morgan fingerprint density at radius 1 is 1.31 bits per heavy atom. The molecule has 1 rings (SSSR count). The number of aromatic nitrogens is 2. The van der Waals surface area contributed by atoms with Gasteiger partial charge in [-0.25, -0.2) is 0 Å². The second kappa shape index (κ2) is 8.28. The van der Waals surface area contributed by atoms with E-state index in [1.807, 2.05) is 0 Å². The first kappa shape index (κ1) is 13.2. The third-order valence-corrected chi connectivity index (χ3v) is 2.76. The van der Waals surface area contributed by atoms with Crippen molar-refractivity contribution in [3.8, 4) is 0 Å². The van der Waals surface area contributed by atoms with Crippen LogP contribution in [0.25, 0.3) is 0 Å². The summed E-state index contributed by atoms with van der Waals surface area (Å²) in [5.41, 5.74) is 0. The molecule has 0 aromatic carbocycles. The summed E-state index contributed by atoms with van der Waals surface area (Å²) in [6, 6.07) is 0.528. The molecule has 0 amide bonds. The van der Waals surface area contributed by atoms with Gasteiger partial charge in [0.25, 0.3) is 0 Å². The highest BCUT2D eigenvalue weighted by Crippen LogP contribution is 2.07. The SMILES string of the molecule is CCCCCCCC(C)NCc1ncon1. The van der Waals surface area contributed by atoms with Crippen LogP contribution in [0, 0.1) is 0 Å². The number of nitrogens with zero attached hydrogens (tertiary/aromatic N) is 2. The highest BCUT2D eigenvalue weighted by Gasteiger charge is 2.03. The highest BCUT2D eigenvalue weighted by molar-refractivity contribution is 4.77. The van der Waals surface area contributed by atoms with E-state index in [1.165, 1.54) is 44.9 Å². The Labute approximate surface area is 97.8 Å². The number of unbranched alkanes of at least 4 members (excludes halogenated alkanes) is 4. The molecular formula is C12H23N3O. The average molecular weight is 225 g/mol. The van der Waals surface area contributed by atoms with E-state index in [0.717, 1.165) is 5.82 Å². The third kappa shape index (κ3) is 5.85. The fourth-order valence-corrected chi connectivity index (χ4v) is 1.69. The van der Waals surface area contributed by atoms with Crippen LogP contribution in [-0.4, -0.2) is 16.2 Å². The molecule has 0 bridgehead atoms. The van der Waals surface area contributed by atoms with E-state index in [-0.39, 0.29) is 0 Å². The van der Waals surface area contributed by atoms with Gasteiger partial charge in [-0.3, -0.25) is 0 Å². The van der Waals surface area contributed by atoms with Crippen LogP contribution in [0.1, 0.15) is 58.2 Å². The molecule has 0 spiro atoms. The van der Waals surface area contributed by atoms with Crippen LogP contribution in [0.4, 0.5) is 0 Å². The maximum absolute atomic E-state index is 4.67. The van der Waals surface area contributed by atoms with Crippen molar-refractivity contribution in [1.29, 1.82) is 0 Å². The zero-order valence-electron chi connectivity index (χ0n) is 10.4. The van der Waals surface area contributed by atoms with Crippen LogP contribution in [0.3, 0.4) is 0 Å². The van der Waals surface area contributed by atoms with Crippen LogP contribution in [0.15, 0.2) is 10.9 Å². The Kier molecular flexibility index (Phi) is 6.81. The van der Waals surface area contributed by atoms with Gasteiger partial charge in [-0.1, -0.05) is 44.2 Å². The van der Waals surface area contributed by atoms with E-state index in [0.29, 0.717) is 12.6 Å². The lowest BCUT2D eigenvalue weighted by Gasteiger charge is -2.11. The summed E-state index contributed by atoms with van der Waals surface area (Å²) in [6.45, 7) is 5.15. The fourth-order valence-electron chi connectivity index (χ4n) is 1.69. The topological polar surface area (TPSA) is 51.0 Å². The number of nitrogens with one attached hydrogen (secondary N) is 1. The van der Waals surface area contributed by atoms with Crippen molar-refractivity contribution in [3.05, 3.63) is 12.2 Å².